The molecule has 0 aliphatic carbocycles. The van der Waals surface area contributed by atoms with Crippen molar-refractivity contribution in [2.24, 2.45) is 0 Å². The maximum Gasteiger partial charge on any atom is 0.417 e. The van der Waals surface area contributed by atoms with Gasteiger partial charge in [0, 0.05) is 16.5 Å². The zero-order chi connectivity index (χ0) is 13.8. The summed E-state index contributed by atoms with van der Waals surface area (Å²) < 4.78 is 42.4. The number of alkyl halides is 3. The highest BCUT2D eigenvalue weighted by atomic mass is 35.5. The van der Waals surface area contributed by atoms with Gasteiger partial charge in [-0.2, -0.15) is 13.2 Å². The van der Waals surface area contributed by atoms with Crippen LogP contribution in [-0.4, -0.2) is 12.6 Å². The predicted octanol–water partition coefficient (Wildman–Crippen LogP) is 3.27. The first-order valence-corrected chi connectivity index (χ1v) is 5.28. The van der Waals surface area contributed by atoms with E-state index in [9.17, 15) is 18.0 Å². The second kappa shape index (κ2) is 5.78. The molecule has 0 spiro atoms. The Labute approximate surface area is 107 Å². The van der Waals surface area contributed by atoms with E-state index in [-0.39, 0.29) is 17.2 Å². The van der Waals surface area contributed by atoms with Crippen LogP contribution in [-0.2, 0) is 15.7 Å². The Kier molecular flexibility index (Phi) is 4.62. The van der Waals surface area contributed by atoms with Gasteiger partial charge in [0.25, 0.3) is 0 Å². The highest BCUT2D eigenvalue weighted by Gasteiger charge is 2.33. The molecule has 18 heavy (non-hydrogen) atoms. The fraction of sp³-hybridized carbons (Fsp3) is 0.250. The van der Waals surface area contributed by atoms with E-state index >= 15 is 0 Å². The molecule has 0 fully saturated rings. The van der Waals surface area contributed by atoms with Gasteiger partial charge in [0.05, 0.1) is 12.2 Å². The molecular formula is C12H8ClF3O2. The molecule has 0 N–H and O–H groups in total. The molecule has 2 nitrogen and oxygen atoms in total. The van der Waals surface area contributed by atoms with E-state index in [0.717, 1.165) is 18.2 Å². The van der Waals surface area contributed by atoms with Crippen LogP contribution in [0.2, 0.25) is 5.02 Å². The first-order valence-electron chi connectivity index (χ1n) is 4.90. The standard InChI is InChI=1S/C12H8ClF3O2/c1-2-18-11(17)6-3-8-7-9(13)4-5-10(8)12(14,15)16/h4-5,7H,2H2,1H3. The summed E-state index contributed by atoms with van der Waals surface area (Å²) in [5, 5.41) is 0.108. The van der Waals surface area contributed by atoms with Gasteiger partial charge in [-0.05, 0) is 25.1 Å². The average molecular weight is 277 g/mol. The largest absolute Gasteiger partial charge is 0.456 e. The number of carbonyl (C=O) groups is 1. The highest BCUT2D eigenvalue weighted by Crippen LogP contribution is 2.32. The fourth-order valence-electron chi connectivity index (χ4n) is 1.15. The first-order chi connectivity index (χ1) is 8.34. The highest BCUT2D eigenvalue weighted by molar-refractivity contribution is 6.30. The molecule has 0 aliphatic rings. The van der Waals surface area contributed by atoms with E-state index in [4.69, 9.17) is 11.6 Å². The van der Waals surface area contributed by atoms with Crippen molar-refractivity contribution in [3.05, 3.63) is 34.3 Å². The van der Waals surface area contributed by atoms with Crippen LogP contribution in [0.3, 0.4) is 0 Å². The second-order valence-electron chi connectivity index (χ2n) is 3.16. The van der Waals surface area contributed by atoms with Crippen LogP contribution in [0.4, 0.5) is 13.2 Å². The molecule has 0 saturated carbocycles. The number of carbonyl (C=O) groups excluding carboxylic acids is 1. The van der Waals surface area contributed by atoms with Crippen LogP contribution in [0.5, 0.6) is 0 Å². The van der Waals surface area contributed by atoms with Gasteiger partial charge in [0.15, 0.2) is 0 Å². The maximum atomic E-state index is 12.6. The van der Waals surface area contributed by atoms with Gasteiger partial charge in [0.2, 0.25) is 0 Å². The van der Waals surface area contributed by atoms with Gasteiger partial charge < -0.3 is 4.74 Å². The van der Waals surface area contributed by atoms with E-state index in [2.05, 4.69) is 10.7 Å². The molecule has 0 aliphatic heterocycles. The molecule has 0 heterocycles. The third kappa shape index (κ3) is 3.97. The molecule has 0 aromatic heterocycles. The van der Waals surface area contributed by atoms with Crippen molar-refractivity contribution in [1.82, 2.24) is 0 Å². The zero-order valence-corrected chi connectivity index (χ0v) is 10.0. The summed E-state index contributed by atoms with van der Waals surface area (Å²) in [6.07, 6.45) is -4.55. The van der Waals surface area contributed by atoms with Gasteiger partial charge in [-0.15, -0.1) is 0 Å². The van der Waals surface area contributed by atoms with Crippen LogP contribution < -0.4 is 0 Å². The monoisotopic (exact) mass is 276 g/mol. The molecule has 0 radical (unpaired) electrons. The molecule has 0 saturated heterocycles. The van der Waals surface area contributed by atoms with Gasteiger partial charge in [0.1, 0.15) is 0 Å². The molecule has 96 valence electrons. The zero-order valence-electron chi connectivity index (χ0n) is 9.27. The summed E-state index contributed by atoms with van der Waals surface area (Å²) in [7, 11) is 0. The predicted molar refractivity (Wildman–Crippen MR) is 60.0 cm³/mol. The topological polar surface area (TPSA) is 26.3 Å². The Morgan fingerprint density at radius 2 is 2.11 bits per heavy atom. The molecule has 6 heteroatoms. The van der Waals surface area contributed by atoms with Gasteiger partial charge in [-0.1, -0.05) is 17.5 Å². The Hall–Kier alpha value is -1.67. The SMILES string of the molecule is CCOC(=O)C#Cc1cc(Cl)ccc1C(F)(F)F. The Balaban J connectivity index is 3.15. The third-order valence-electron chi connectivity index (χ3n) is 1.86. The lowest BCUT2D eigenvalue weighted by atomic mass is 10.1. The minimum Gasteiger partial charge on any atom is -0.456 e. The Morgan fingerprint density at radius 3 is 2.67 bits per heavy atom. The normalized spacial score (nSPS) is 10.5. The van der Waals surface area contributed by atoms with E-state index in [1.165, 1.54) is 0 Å². The number of halogens is 4. The average Bonchev–Trinajstić information content (AvgIpc) is 2.25. The summed E-state index contributed by atoms with van der Waals surface area (Å²) in [5.41, 5.74) is -1.30. The van der Waals surface area contributed by atoms with E-state index in [0.29, 0.717) is 0 Å². The van der Waals surface area contributed by atoms with Gasteiger partial charge in [-0.25, -0.2) is 4.79 Å². The third-order valence-corrected chi connectivity index (χ3v) is 2.10. The summed E-state index contributed by atoms with van der Waals surface area (Å²) in [6.45, 7) is 1.68. The maximum absolute atomic E-state index is 12.6. The quantitative estimate of drug-likeness (QED) is 0.581. The Bertz CT molecular complexity index is 512. The van der Waals surface area contributed by atoms with E-state index in [1.54, 1.807) is 6.92 Å². The number of hydrogen-bond donors (Lipinski definition) is 0. The van der Waals surface area contributed by atoms with E-state index < -0.39 is 17.7 Å². The summed E-state index contributed by atoms with van der Waals surface area (Å²) in [6, 6.07) is 2.98. The molecule has 1 aromatic rings. The van der Waals surface area contributed by atoms with Crippen molar-refractivity contribution in [3.8, 4) is 11.8 Å². The lowest BCUT2D eigenvalue weighted by Crippen LogP contribution is -2.08. The number of ether oxygens (including phenoxy) is 1. The van der Waals surface area contributed by atoms with Crippen molar-refractivity contribution in [2.75, 3.05) is 6.61 Å². The molecule has 1 aromatic carbocycles. The Morgan fingerprint density at radius 1 is 1.44 bits per heavy atom. The number of benzene rings is 1. The minimum atomic E-state index is -4.55. The van der Waals surface area contributed by atoms with Crippen LogP contribution in [0.25, 0.3) is 0 Å². The molecular weight excluding hydrogens is 269 g/mol. The van der Waals surface area contributed by atoms with Crippen molar-refractivity contribution < 1.29 is 22.7 Å². The number of rotatable bonds is 1. The first kappa shape index (κ1) is 14.4. The fourth-order valence-corrected chi connectivity index (χ4v) is 1.32. The summed E-state index contributed by atoms with van der Waals surface area (Å²) in [4.78, 5) is 11.0. The van der Waals surface area contributed by atoms with Gasteiger partial charge >= 0.3 is 12.1 Å². The van der Waals surface area contributed by atoms with Crippen molar-refractivity contribution in [1.29, 1.82) is 0 Å². The number of hydrogen-bond acceptors (Lipinski definition) is 2. The van der Waals surface area contributed by atoms with Gasteiger partial charge in [-0.3, -0.25) is 0 Å². The van der Waals surface area contributed by atoms with Crippen LogP contribution in [0, 0.1) is 11.8 Å². The minimum absolute atomic E-state index is 0.106. The van der Waals surface area contributed by atoms with Crippen LogP contribution in [0.1, 0.15) is 18.1 Å². The summed E-state index contributed by atoms with van der Waals surface area (Å²) >= 11 is 5.59. The smallest absolute Gasteiger partial charge is 0.417 e. The van der Waals surface area contributed by atoms with Crippen LogP contribution in [0.15, 0.2) is 18.2 Å². The number of esters is 1. The van der Waals surface area contributed by atoms with Crippen molar-refractivity contribution in [3.63, 3.8) is 0 Å². The lowest BCUT2D eigenvalue weighted by Gasteiger charge is -2.08. The molecule has 0 bridgehead atoms. The molecule has 0 unspecified atom stereocenters. The molecule has 0 amide bonds. The molecule has 1 rings (SSSR count). The van der Waals surface area contributed by atoms with Crippen molar-refractivity contribution in [2.45, 2.75) is 13.1 Å². The second-order valence-corrected chi connectivity index (χ2v) is 3.59. The molecule has 0 atom stereocenters. The lowest BCUT2D eigenvalue weighted by molar-refractivity contribution is -0.138. The van der Waals surface area contributed by atoms with E-state index in [1.807, 2.05) is 5.92 Å². The van der Waals surface area contributed by atoms with Crippen molar-refractivity contribution >= 4 is 17.6 Å². The summed E-state index contributed by atoms with van der Waals surface area (Å²) in [5.74, 6) is 3.20. The van der Waals surface area contributed by atoms with Crippen LogP contribution >= 0.6 is 11.6 Å².